The molecule has 0 atom stereocenters. The van der Waals surface area contributed by atoms with Crippen LogP contribution in [0.4, 0.5) is 15.9 Å². The molecule has 0 aliphatic rings. The molecular weight excluding hydrogens is 221 g/mol. The minimum Gasteiger partial charge on any atom is -0.396 e. The molecule has 4 N–H and O–H groups in total. The third kappa shape index (κ3) is 1.94. The van der Waals surface area contributed by atoms with E-state index >= 15 is 0 Å². The van der Waals surface area contributed by atoms with Crippen molar-refractivity contribution in [1.29, 1.82) is 0 Å². The average Bonchev–Trinajstić information content (AvgIpc) is 2.32. The van der Waals surface area contributed by atoms with Crippen molar-refractivity contribution in [2.45, 2.75) is 0 Å². The predicted molar refractivity (Wildman–Crippen MR) is 62.9 cm³/mol. The quantitative estimate of drug-likeness (QED) is 0.607. The molecular formula is C12H10FN3O. The van der Waals surface area contributed by atoms with Crippen LogP contribution in [-0.2, 0) is 0 Å². The lowest BCUT2D eigenvalue weighted by Gasteiger charge is -2.06. The Kier molecular flexibility index (Phi) is 2.74. The van der Waals surface area contributed by atoms with Gasteiger partial charge < -0.3 is 11.5 Å². The van der Waals surface area contributed by atoms with Crippen molar-refractivity contribution in [3.05, 3.63) is 53.5 Å². The second kappa shape index (κ2) is 4.21. The number of nitrogens with zero attached hydrogens (tertiary/aromatic N) is 1. The summed E-state index contributed by atoms with van der Waals surface area (Å²) >= 11 is 0. The molecule has 4 nitrogen and oxygen atoms in total. The highest BCUT2D eigenvalue weighted by Gasteiger charge is 2.16. The summed E-state index contributed by atoms with van der Waals surface area (Å²) in [5.74, 6) is -0.966. The number of para-hydroxylation sites is 1. The Labute approximate surface area is 97.1 Å². The fourth-order valence-corrected chi connectivity index (χ4v) is 1.49. The maximum Gasteiger partial charge on any atom is 0.198 e. The number of benzene rings is 1. The summed E-state index contributed by atoms with van der Waals surface area (Å²) in [5.41, 5.74) is 11.2. The monoisotopic (exact) mass is 231 g/mol. The van der Waals surface area contributed by atoms with Crippen molar-refractivity contribution in [1.82, 2.24) is 4.98 Å². The minimum atomic E-state index is -0.627. The van der Waals surface area contributed by atoms with Crippen molar-refractivity contribution in [2.75, 3.05) is 11.5 Å². The van der Waals surface area contributed by atoms with Gasteiger partial charge in [-0.2, -0.15) is 0 Å². The van der Waals surface area contributed by atoms with E-state index in [2.05, 4.69) is 4.98 Å². The smallest absolute Gasteiger partial charge is 0.198 e. The van der Waals surface area contributed by atoms with Crippen molar-refractivity contribution in [2.24, 2.45) is 0 Å². The highest BCUT2D eigenvalue weighted by atomic mass is 19.1. The molecule has 0 saturated heterocycles. The van der Waals surface area contributed by atoms with E-state index in [0.29, 0.717) is 0 Å². The molecule has 2 aromatic rings. The highest BCUT2D eigenvalue weighted by Crippen LogP contribution is 2.21. The Morgan fingerprint density at radius 1 is 1.12 bits per heavy atom. The lowest BCUT2D eigenvalue weighted by atomic mass is 10.0. The molecule has 0 aliphatic carbocycles. The summed E-state index contributed by atoms with van der Waals surface area (Å²) in [7, 11) is 0. The molecule has 0 fully saturated rings. The van der Waals surface area contributed by atoms with Crippen LogP contribution >= 0.6 is 0 Å². The highest BCUT2D eigenvalue weighted by molar-refractivity contribution is 6.14. The topological polar surface area (TPSA) is 82.0 Å². The molecule has 0 radical (unpaired) electrons. The van der Waals surface area contributed by atoms with Crippen molar-refractivity contribution in [3.8, 4) is 0 Å². The summed E-state index contributed by atoms with van der Waals surface area (Å²) in [6.07, 6.45) is 1.47. The summed E-state index contributed by atoms with van der Waals surface area (Å²) in [6, 6.07) is 7.17. The van der Waals surface area contributed by atoms with E-state index in [1.165, 1.54) is 30.5 Å². The van der Waals surface area contributed by atoms with Crippen LogP contribution in [0.2, 0.25) is 0 Å². The first kappa shape index (κ1) is 11.1. The summed E-state index contributed by atoms with van der Waals surface area (Å²) in [6.45, 7) is 0. The number of nitrogen functional groups attached to an aromatic ring is 2. The molecule has 17 heavy (non-hydrogen) atoms. The van der Waals surface area contributed by atoms with E-state index in [1.807, 2.05) is 0 Å². The van der Waals surface area contributed by atoms with E-state index in [0.717, 1.165) is 0 Å². The Morgan fingerprint density at radius 2 is 1.82 bits per heavy atom. The number of nitrogens with two attached hydrogens (primary N) is 2. The van der Waals surface area contributed by atoms with Crippen LogP contribution in [0.15, 0.2) is 36.5 Å². The van der Waals surface area contributed by atoms with Crippen molar-refractivity contribution < 1.29 is 9.18 Å². The number of hydrogen-bond donors (Lipinski definition) is 2. The molecule has 1 heterocycles. The van der Waals surface area contributed by atoms with Crippen LogP contribution in [0.1, 0.15) is 15.9 Å². The number of halogens is 1. The van der Waals surface area contributed by atoms with Gasteiger partial charge in [0.1, 0.15) is 11.6 Å². The number of aromatic nitrogens is 1. The molecule has 86 valence electrons. The number of hydrogen-bond acceptors (Lipinski definition) is 4. The van der Waals surface area contributed by atoms with Gasteiger partial charge in [-0.25, -0.2) is 9.37 Å². The SMILES string of the molecule is Nc1ncccc1C(=O)c1cccc(F)c1N. The molecule has 0 spiro atoms. The molecule has 2 rings (SSSR count). The van der Waals surface area contributed by atoms with Gasteiger partial charge in [-0.3, -0.25) is 4.79 Å². The molecule has 0 aliphatic heterocycles. The Balaban J connectivity index is 2.52. The zero-order valence-corrected chi connectivity index (χ0v) is 8.85. The summed E-state index contributed by atoms with van der Waals surface area (Å²) in [4.78, 5) is 15.9. The first-order valence-electron chi connectivity index (χ1n) is 4.90. The van der Waals surface area contributed by atoms with Gasteiger partial charge in [-0.15, -0.1) is 0 Å². The summed E-state index contributed by atoms with van der Waals surface area (Å²) < 4.78 is 13.2. The van der Waals surface area contributed by atoms with Crippen molar-refractivity contribution >= 4 is 17.3 Å². The van der Waals surface area contributed by atoms with Gasteiger partial charge in [0.05, 0.1) is 11.3 Å². The van der Waals surface area contributed by atoms with E-state index in [1.54, 1.807) is 6.07 Å². The largest absolute Gasteiger partial charge is 0.396 e. The maximum atomic E-state index is 13.2. The first-order chi connectivity index (χ1) is 8.11. The molecule has 0 bridgehead atoms. The zero-order chi connectivity index (χ0) is 12.4. The minimum absolute atomic E-state index is 0.0877. The van der Waals surface area contributed by atoms with Gasteiger partial charge >= 0.3 is 0 Å². The van der Waals surface area contributed by atoms with Gasteiger partial charge in [-0.05, 0) is 24.3 Å². The summed E-state index contributed by atoms with van der Waals surface area (Å²) in [5, 5.41) is 0. The lowest BCUT2D eigenvalue weighted by Crippen LogP contribution is -2.10. The normalized spacial score (nSPS) is 10.2. The molecule has 0 saturated carbocycles. The predicted octanol–water partition coefficient (Wildman–Crippen LogP) is 1.62. The Bertz CT molecular complexity index is 584. The molecule has 0 unspecified atom stereocenters. The Morgan fingerprint density at radius 3 is 2.53 bits per heavy atom. The standard InChI is InChI=1S/C12H10FN3O/c13-9-5-1-3-7(10(9)14)11(17)8-4-2-6-16-12(8)15/h1-6H,14H2,(H2,15,16). The van der Waals surface area contributed by atoms with E-state index < -0.39 is 11.6 Å². The lowest BCUT2D eigenvalue weighted by molar-refractivity contribution is 0.104. The number of ketones is 1. The zero-order valence-electron chi connectivity index (χ0n) is 8.85. The molecule has 5 heteroatoms. The fraction of sp³-hybridized carbons (Fsp3) is 0. The van der Waals surface area contributed by atoms with Crippen LogP contribution in [0.25, 0.3) is 0 Å². The van der Waals surface area contributed by atoms with Crippen molar-refractivity contribution in [3.63, 3.8) is 0 Å². The third-order valence-electron chi connectivity index (χ3n) is 2.38. The number of rotatable bonds is 2. The molecule has 1 aromatic heterocycles. The van der Waals surface area contributed by atoms with E-state index in [9.17, 15) is 9.18 Å². The van der Waals surface area contributed by atoms with Gasteiger partial charge in [0.25, 0.3) is 0 Å². The van der Waals surface area contributed by atoms with E-state index in [4.69, 9.17) is 11.5 Å². The first-order valence-corrected chi connectivity index (χ1v) is 4.90. The second-order valence-electron chi connectivity index (χ2n) is 3.47. The van der Waals surface area contributed by atoms with Crippen LogP contribution in [0.3, 0.4) is 0 Å². The van der Waals surface area contributed by atoms with Gasteiger partial charge in [0.2, 0.25) is 0 Å². The number of anilines is 2. The van der Waals surface area contributed by atoms with Gasteiger partial charge in [-0.1, -0.05) is 6.07 Å². The van der Waals surface area contributed by atoms with E-state index in [-0.39, 0.29) is 22.6 Å². The average molecular weight is 231 g/mol. The van der Waals surface area contributed by atoms with Crippen LogP contribution in [0, 0.1) is 5.82 Å². The number of carbonyl (C=O) groups excluding carboxylic acids is 1. The Hall–Kier alpha value is -2.43. The molecule has 1 aromatic carbocycles. The fourth-order valence-electron chi connectivity index (χ4n) is 1.49. The second-order valence-corrected chi connectivity index (χ2v) is 3.47. The number of pyridine rings is 1. The van der Waals surface area contributed by atoms with Crippen LogP contribution in [0.5, 0.6) is 0 Å². The third-order valence-corrected chi connectivity index (χ3v) is 2.38. The van der Waals surface area contributed by atoms with Gasteiger partial charge in [0, 0.05) is 11.8 Å². The number of carbonyl (C=O) groups is 1. The van der Waals surface area contributed by atoms with Crippen LogP contribution < -0.4 is 11.5 Å². The maximum absolute atomic E-state index is 13.2. The molecule has 0 amide bonds. The van der Waals surface area contributed by atoms with Crippen LogP contribution in [-0.4, -0.2) is 10.8 Å². The van der Waals surface area contributed by atoms with Gasteiger partial charge in [0.15, 0.2) is 5.78 Å².